The SMILES string of the molecule is COc1ccc(CNC(=O)[C@H]2CCCN(c3nc4ccc(Cl)cc4[nH]3)C2)cc1. The number of methoxy groups -OCH3 is 1. The van der Waals surface area contributed by atoms with Crippen molar-refractivity contribution in [2.75, 3.05) is 25.1 Å². The highest BCUT2D eigenvalue weighted by atomic mass is 35.5. The van der Waals surface area contributed by atoms with Gasteiger partial charge in [-0.2, -0.15) is 0 Å². The lowest BCUT2D eigenvalue weighted by Gasteiger charge is -2.31. The monoisotopic (exact) mass is 398 g/mol. The Bertz CT molecular complexity index is 970. The number of fused-ring (bicyclic) bond motifs is 1. The molecule has 0 radical (unpaired) electrons. The van der Waals surface area contributed by atoms with E-state index in [0.717, 1.165) is 47.7 Å². The molecule has 2 N–H and O–H groups in total. The Morgan fingerprint density at radius 2 is 2.14 bits per heavy atom. The zero-order valence-corrected chi connectivity index (χ0v) is 16.5. The third-order valence-electron chi connectivity index (χ3n) is 5.15. The van der Waals surface area contributed by atoms with Crippen molar-refractivity contribution in [2.45, 2.75) is 19.4 Å². The quantitative estimate of drug-likeness (QED) is 0.686. The summed E-state index contributed by atoms with van der Waals surface area (Å²) in [6, 6.07) is 13.3. The number of carbonyl (C=O) groups is 1. The van der Waals surface area contributed by atoms with Crippen LogP contribution in [0.2, 0.25) is 5.02 Å². The third-order valence-corrected chi connectivity index (χ3v) is 5.38. The summed E-state index contributed by atoms with van der Waals surface area (Å²) in [7, 11) is 1.64. The lowest BCUT2D eigenvalue weighted by Crippen LogP contribution is -2.43. The van der Waals surface area contributed by atoms with E-state index in [4.69, 9.17) is 16.3 Å². The van der Waals surface area contributed by atoms with E-state index in [1.165, 1.54) is 0 Å². The minimum atomic E-state index is -0.0520. The Hall–Kier alpha value is -2.73. The maximum atomic E-state index is 12.7. The van der Waals surface area contributed by atoms with Crippen LogP contribution in [0.5, 0.6) is 5.75 Å². The average Bonchev–Trinajstić information content (AvgIpc) is 3.15. The molecule has 1 aromatic heterocycles. The van der Waals surface area contributed by atoms with Crippen LogP contribution in [0.15, 0.2) is 42.5 Å². The van der Waals surface area contributed by atoms with E-state index < -0.39 is 0 Å². The number of hydrogen-bond donors (Lipinski definition) is 2. The van der Waals surface area contributed by atoms with Gasteiger partial charge in [-0.25, -0.2) is 4.98 Å². The van der Waals surface area contributed by atoms with Crippen molar-refractivity contribution in [3.63, 3.8) is 0 Å². The molecule has 1 saturated heterocycles. The molecule has 0 aliphatic carbocycles. The van der Waals surface area contributed by atoms with Crippen molar-refractivity contribution in [3.8, 4) is 5.75 Å². The molecular formula is C21H23ClN4O2. The van der Waals surface area contributed by atoms with Gasteiger partial charge in [0.05, 0.1) is 24.1 Å². The number of halogens is 1. The van der Waals surface area contributed by atoms with Gasteiger partial charge in [0.1, 0.15) is 5.75 Å². The molecule has 2 aromatic carbocycles. The van der Waals surface area contributed by atoms with Gasteiger partial charge in [-0.1, -0.05) is 23.7 Å². The van der Waals surface area contributed by atoms with Gasteiger partial charge in [0.15, 0.2) is 0 Å². The second kappa shape index (κ2) is 8.10. The first kappa shape index (κ1) is 18.6. The van der Waals surface area contributed by atoms with Gasteiger partial charge < -0.3 is 19.9 Å². The Labute approximate surface area is 168 Å². The molecule has 1 atom stereocenters. The highest BCUT2D eigenvalue weighted by Crippen LogP contribution is 2.25. The van der Waals surface area contributed by atoms with Crippen LogP contribution in [0.3, 0.4) is 0 Å². The number of benzene rings is 2. The molecule has 7 heteroatoms. The third kappa shape index (κ3) is 4.07. The molecule has 0 unspecified atom stereocenters. The van der Waals surface area contributed by atoms with Crippen LogP contribution >= 0.6 is 11.6 Å². The van der Waals surface area contributed by atoms with Gasteiger partial charge >= 0.3 is 0 Å². The number of hydrogen-bond acceptors (Lipinski definition) is 4. The first-order chi connectivity index (χ1) is 13.6. The van der Waals surface area contributed by atoms with Crippen LogP contribution in [0.1, 0.15) is 18.4 Å². The standard InChI is InChI=1S/C21H23ClN4O2/c1-28-17-7-4-14(5-8-17)12-23-20(27)15-3-2-10-26(13-15)21-24-18-9-6-16(22)11-19(18)25-21/h4-9,11,15H,2-3,10,12-13H2,1H3,(H,23,27)(H,24,25)/t15-/m0/s1. The molecule has 0 bridgehead atoms. The molecule has 6 nitrogen and oxygen atoms in total. The number of nitrogens with zero attached hydrogens (tertiary/aromatic N) is 2. The first-order valence-electron chi connectivity index (χ1n) is 9.43. The van der Waals surface area contributed by atoms with Crippen molar-refractivity contribution < 1.29 is 9.53 Å². The zero-order valence-electron chi connectivity index (χ0n) is 15.7. The van der Waals surface area contributed by atoms with E-state index in [-0.39, 0.29) is 11.8 Å². The Morgan fingerprint density at radius 3 is 2.93 bits per heavy atom. The lowest BCUT2D eigenvalue weighted by atomic mass is 9.97. The van der Waals surface area contributed by atoms with Crippen LogP contribution in [-0.2, 0) is 11.3 Å². The molecule has 0 saturated carbocycles. The fraction of sp³-hybridized carbons (Fsp3) is 0.333. The Kier molecular flexibility index (Phi) is 5.39. The normalized spacial score (nSPS) is 16.9. The molecule has 28 heavy (non-hydrogen) atoms. The number of imidazole rings is 1. The number of aromatic nitrogens is 2. The van der Waals surface area contributed by atoms with Gasteiger partial charge in [-0.3, -0.25) is 4.79 Å². The second-order valence-corrected chi connectivity index (χ2v) is 7.51. The van der Waals surface area contributed by atoms with Crippen LogP contribution in [0.4, 0.5) is 5.95 Å². The summed E-state index contributed by atoms with van der Waals surface area (Å²) in [5, 5.41) is 3.74. The van der Waals surface area contributed by atoms with Crippen LogP contribution in [-0.4, -0.2) is 36.1 Å². The molecular weight excluding hydrogens is 376 g/mol. The summed E-state index contributed by atoms with van der Waals surface area (Å²) in [6.45, 7) is 2.06. The number of H-pyrrole nitrogens is 1. The minimum Gasteiger partial charge on any atom is -0.497 e. The van der Waals surface area contributed by atoms with Crippen molar-refractivity contribution >= 4 is 34.5 Å². The molecule has 3 aromatic rings. The van der Waals surface area contributed by atoms with Crippen molar-refractivity contribution in [2.24, 2.45) is 5.92 Å². The minimum absolute atomic E-state index is 0.0520. The summed E-state index contributed by atoms with van der Waals surface area (Å²) in [4.78, 5) is 22.8. The Morgan fingerprint density at radius 1 is 1.32 bits per heavy atom. The number of nitrogens with one attached hydrogen (secondary N) is 2. The summed E-state index contributed by atoms with van der Waals surface area (Å²) in [5.74, 6) is 1.64. The summed E-state index contributed by atoms with van der Waals surface area (Å²) >= 11 is 6.06. The maximum absolute atomic E-state index is 12.7. The Balaban J connectivity index is 1.38. The molecule has 4 rings (SSSR count). The molecule has 1 fully saturated rings. The van der Waals surface area contributed by atoms with Crippen LogP contribution in [0.25, 0.3) is 11.0 Å². The van der Waals surface area contributed by atoms with Crippen LogP contribution in [0, 0.1) is 5.92 Å². The predicted molar refractivity (Wildman–Crippen MR) is 111 cm³/mol. The molecule has 1 aliphatic heterocycles. The highest BCUT2D eigenvalue weighted by molar-refractivity contribution is 6.31. The van der Waals surface area contributed by atoms with Gasteiger partial charge in [0, 0.05) is 24.7 Å². The molecule has 1 aliphatic rings. The number of amides is 1. The molecule has 1 amide bonds. The van der Waals surface area contributed by atoms with E-state index in [2.05, 4.69) is 20.2 Å². The van der Waals surface area contributed by atoms with Crippen molar-refractivity contribution in [3.05, 3.63) is 53.1 Å². The smallest absolute Gasteiger partial charge is 0.225 e. The largest absolute Gasteiger partial charge is 0.497 e. The fourth-order valence-corrected chi connectivity index (χ4v) is 3.75. The topological polar surface area (TPSA) is 70.2 Å². The van der Waals surface area contributed by atoms with Crippen LogP contribution < -0.4 is 15.0 Å². The number of ether oxygens (including phenoxy) is 1. The average molecular weight is 399 g/mol. The first-order valence-corrected chi connectivity index (χ1v) is 9.81. The van der Waals surface area contributed by atoms with Crippen molar-refractivity contribution in [1.29, 1.82) is 0 Å². The van der Waals surface area contributed by atoms with E-state index in [9.17, 15) is 4.79 Å². The highest BCUT2D eigenvalue weighted by Gasteiger charge is 2.27. The summed E-state index contributed by atoms with van der Waals surface area (Å²) in [6.07, 6.45) is 1.84. The lowest BCUT2D eigenvalue weighted by molar-refractivity contribution is -0.125. The van der Waals surface area contributed by atoms with E-state index in [1.807, 2.05) is 42.5 Å². The second-order valence-electron chi connectivity index (χ2n) is 7.07. The molecule has 146 valence electrons. The van der Waals surface area contributed by atoms with E-state index in [0.29, 0.717) is 18.1 Å². The zero-order chi connectivity index (χ0) is 19.5. The summed E-state index contributed by atoms with van der Waals surface area (Å²) < 4.78 is 5.16. The summed E-state index contributed by atoms with van der Waals surface area (Å²) in [5.41, 5.74) is 2.84. The number of piperidine rings is 1. The number of rotatable bonds is 5. The molecule has 2 heterocycles. The number of anilines is 1. The van der Waals surface area contributed by atoms with E-state index >= 15 is 0 Å². The van der Waals surface area contributed by atoms with Gasteiger partial charge in [-0.05, 0) is 48.7 Å². The maximum Gasteiger partial charge on any atom is 0.225 e. The van der Waals surface area contributed by atoms with E-state index in [1.54, 1.807) is 7.11 Å². The predicted octanol–water partition coefficient (Wildman–Crippen LogP) is 3.76. The van der Waals surface area contributed by atoms with Crippen molar-refractivity contribution in [1.82, 2.24) is 15.3 Å². The van der Waals surface area contributed by atoms with Gasteiger partial charge in [-0.15, -0.1) is 0 Å². The van der Waals surface area contributed by atoms with Gasteiger partial charge in [0.25, 0.3) is 0 Å². The van der Waals surface area contributed by atoms with Gasteiger partial charge in [0.2, 0.25) is 11.9 Å². The fourth-order valence-electron chi connectivity index (χ4n) is 3.58. The molecule has 0 spiro atoms. The number of carbonyl (C=O) groups excluding carboxylic acids is 1. The number of aromatic amines is 1.